The van der Waals surface area contributed by atoms with Gasteiger partial charge in [-0.25, -0.2) is 9.93 Å². The fraction of sp³-hybridized carbons (Fsp3) is 0. The summed E-state index contributed by atoms with van der Waals surface area (Å²) >= 11 is 0. The van der Waals surface area contributed by atoms with Crippen molar-refractivity contribution in [3.63, 3.8) is 0 Å². The topological polar surface area (TPSA) is 118 Å². The van der Waals surface area contributed by atoms with Crippen molar-refractivity contribution < 1.29 is 23.1 Å². The van der Waals surface area contributed by atoms with Crippen LogP contribution in [0.15, 0.2) is 30.3 Å². The first-order valence-corrected chi connectivity index (χ1v) is 5.49. The molecule has 0 saturated heterocycles. The van der Waals surface area contributed by atoms with E-state index in [4.69, 9.17) is 10.2 Å². The van der Waals surface area contributed by atoms with Crippen LogP contribution in [0.25, 0.3) is 0 Å². The number of aliphatic carboxylic acids is 1. The molecular formula is C8H8N2O5S. The van der Waals surface area contributed by atoms with Crippen LogP contribution in [0.1, 0.15) is 0 Å². The number of hydrogen-bond acceptors (Lipinski definition) is 4. The minimum absolute atomic E-state index is 0.0231. The number of rotatable bonds is 2. The molecule has 0 fully saturated rings. The van der Waals surface area contributed by atoms with Gasteiger partial charge in [0.25, 0.3) is 0 Å². The zero-order valence-electron chi connectivity index (χ0n) is 7.90. The first-order chi connectivity index (χ1) is 7.34. The summed E-state index contributed by atoms with van der Waals surface area (Å²) in [5.74, 6) is -3.54. The van der Waals surface area contributed by atoms with Crippen LogP contribution < -0.4 is 9.44 Å². The molecule has 0 heterocycles. The van der Waals surface area contributed by atoms with Gasteiger partial charge in [0.1, 0.15) is 0 Å². The fourth-order valence-electron chi connectivity index (χ4n) is 1.03. The summed E-state index contributed by atoms with van der Waals surface area (Å²) in [6.45, 7) is 0. The van der Waals surface area contributed by atoms with Crippen LogP contribution in [0.4, 0.5) is 5.69 Å². The van der Waals surface area contributed by atoms with Crippen LogP contribution in [0.2, 0.25) is 0 Å². The highest BCUT2D eigenvalue weighted by Gasteiger charge is 2.30. The van der Waals surface area contributed by atoms with Crippen LogP contribution in [0.3, 0.4) is 0 Å². The molecule has 0 aliphatic carbocycles. The first-order valence-electron chi connectivity index (χ1n) is 3.99. The molecule has 1 rings (SSSR count). The Kier molecular flexibility index (Phi) is 3.25. The molecular weight excluding hydrogens is 236 g/mol. The quantitative estimate of drug-likeness (QED) is 0.667. The summed E-state index contributed by atoms with van der Waals surface area (Å²) in [6, 6.07) is 6.98. The molecule has 1 aromatic carbocycles. The van der Waals surface area contributed by atoms with E-state index in [-0.39, 0.29) is 9.99 Å². The fourth-order valence-corrected chi connectivity index (χ4v) is 1.75. The van der Waals surface area contributed by atoms with Crippen LogP contribution in [-0.4, -0.2) is 25.4 Å². The van der Waals surface area contributed by atoms with Crippen molar-refractivity contribution in [1.82, 2.24) is 0 Å². The van der Waals surface area contributed by atoms with E-state index in [1.165, 1.54) is 24.3 Å². The highest BCUT2D eigenvalue weighted by Crippen LogP contribution is 2.15. The Labute approximate surface area is 91.3 Å². The van der Waals surface area contributed by atoms with E-state index in [1.807, 2.05) is 0 Å². The number of hydrogen-bond donors (Lipinski definition) is 2. The lowest BCUT2D eigenvalue weighted by molar-refractivity contribution is -0.148. The van der Waals surface area contributed by atoms with Crippen LogP contribution in [-0.2, 0) is 19.8 Å². The maximum atomic E-state index is 11.2. The summed E-state index contributed by atoms with van der Waals surface area (Å²) in [5, 5.41) is 13.2. The number of carboxylic acid groups (broad SMARTS) is 1. The molecule has 1 amide bonds. The van der Waals surface area contributed by atoms with Crippen molar-refractivity contribution in [3.05, 3.63) is 30.3 Å². The molecule has 0 unspecified atom stereocenters. The Morgan fingerprint density at radius 1 is 1.19 bits per heavy atom. The lowest BCUT2D eigenvalue weighted by atomic mass is 10.3. The highest BCUT2D eigenvalue weighted by atomic mass is 32.2. The van der Waals surface area contributed by atoms with Crippen molar-refractivity contribution in [2.45, 2.75) is 0 Å². The van der Waals surface area contributed by atoms with Crippen LogP contribution in [0, 0.1) is 0 Å². The SMILES string of the molecule is NS(=O)(=O)N(C(=O)C(=O)O)c1ccccc1. The summed E-state index contributed by atoms with van der Waals surface area (Å²) in [5.41, 5.74) is -0.127. The van der Waals surface area contributed by atoms with E-state index >= 15 is 0 Å². The zero-order chi connectivity index (χ0) is 12.3. The van der Waals surface area contributed by atoms with E-state index < -0.39 is 22.1 Å². The molecule has 0 saturated carbocycles. The largest absolute Gasteiger partial charge is 0.474 e. The van der Waals surface area contributed by atoms with E-state index in [2.05, 4.69) is 0 Å². The van der Waals surface area contributed by atoms with Gasteiger partial charge < -0.3 is 5.11 Å². The smallest absolute Gasteiger partial charge is 0.396 e. The third kappa shape index (κ3) is 2.55. The third-order valence-corrected chi connectivity index (χ3v) is 2.50. The second kappa shape index (κ2) is 4.29. The number of carbonyl (C=O) groups excluding carboxylic acids is 1. The Bertz CT molecular complexity index is 510. The van der Waals surface area contributed by atoms with Gasteiger partial charge in [-0.1, -0.05) is 18.2 Å². The molecule has 8 heteroatoms. The molecule has 3 N–H and O–H groups in total. The molecule has 0 aliphatic rings. The van der Waals surface area contributed by atoms with Crippen molar-refractivity contribution in [2.24, 2.45) is 5.14 Å². The number of benzene rings is 1. The Hall–Kier alpha value is -1.93. The Morgan fingerprint density at radius 3 is 2.06 bits per heavy atom. The van der Waals surface area contributed by atoms with Gasteiger partial charge in [0.2, 0.25) is 0 Å². The average molecular weight is 244 g/mol. The molecule has 0 aromatic heterocycles. The molecule has 1 aromatic rings. The molecule has 0 spiro atoms. The number of carboxylic acids is 1. The van der Waals surface area contributed by atoms with E-state index in [0.717, 1.165) is 0 Å². The molecule has 0 atom stereocenters. The van der Waals surface area contributed by atoms with Crippen molar-refractivity contribution in [1.29, 1.82) is 0 Å². The summed E-state index contributed by atoms with van der Waals surface area (Å²) in [6.07, 6.45) is 0. The number of para-hydroxylation sites is 1. The minimum Gasteiger partial charge on any atom is -0.474 e. The number of carbonyl (C=O) groups is 2. The van der Waals surface area contributed by atoms with Crippen molar-refractivity contribution in [3.8, 4) is 0 Å². The second-order valence-corrected chi connectivity index (χ2v) is 4.15. The van der Waals surface area contributed by atoms with Gasteiger partial charge in [0, 0.05) is 0 Å². The van der Waals surface area contributed by atoms with Gasteiger partial charge in [-0.15, -0.1) is 0 Å². The van der Waals surface area contributed by atoms with Gasteiger partial charge in [-0.3, -0.25) is 4.79 Å². The molecule has 0 aliphatic heterocycles. The van der Waals surface area contributed by atoms with Gasteiger partial charge in [-0.05, 0) is 12.1 Å². The maximum absolute atomic E-state index is 11.2. The van der Waals surface area contributed by atoms with Crippen LogP contribution in [0.5, 0.6) is 0 Å². The van der Waals surface area contributed by atoms with E-state index in [1.54, 1.807) is 6.07 Å². The molecule has 7 nitrogen and oxygen atoms in total. The molecule has 86 valence electrons. The Balaban J connectivity index is 3.29. The normalized spacial score (nSPS) is 10.8. The van der Waals surface area contributed by atoms with Crippen molar-refractivity contribution >= 4 is 27.8 Å². The van der Waals surface area contributed by atoms with Gasteiger partial charge in [0.15, 0.2) is 0 Å². The number of amides is 1. The number of nitrogens with two attached hydrogens (primary N) is 1. The van der Waals surface area contributed by atoms with E-state index in [9.17, 15) is 18.0 Å². The Morgan fingerprint density at radius 2 is 1.69 bits per heavy atom. The summed E-state index contributed by atoms with van der Waals surface area (Å²) < 4.78 is 22.2. The zero-order valence-corrected chi connectivity index (χ0v) is 8.72. The summed E-state index contributed by atoms with van der Waals surface area (Å²) in [4.78, 5) is 21.6. The average Bonchev–Trinajstić information content (AvgIpc) is 2.17. The maximum Gasteiger partial charge on any atom is 0.396 e. The van der Waals surface area contributed by atoms with Gasteiger partial charge >= 0.3 is 22.1 Å². The monoisotopic (exact) mass is 244 g/mol. The predicted molar refractivity (Wildman–Crippen MR) is 54.7 cm³/mol. The van der Waals surface area contributed by atoms with Crippen LogP contribution >= 0.6 is 0 Å². The second-order valence-electron chi connectivity index (χ2n) is 2.76. The lowest BCUT2D eigenvalue weighted by Crippen LogP contribution is -2.44. The molecule has 0 radical (unpaired) electrons. The predicted octanol–water partition coefficient (Wildman–Crippen LogP) is -0.692. The minimum atomic E-state index is -4.46. The summed E-state index contributed by atoms with van der Waals surface area (Å²) in [7, 11) is -4.46. The third-order valence-electron chi connectivity index (χ3n) is 1.61. The number of nitrogens with zero attached hydrogens (tertiary/aromatic N) is 1. The van der Waals surface area contributed by atoms with E-state index in [0.29, 0.717) is 0 Å². The molecule has 0 bridgehead atoms. The van der Waals surface area contributed by atoms with Gasteiger partial charge in [-0.2, -0.15) is 12.7 Å². The lowest BCUT2D eigenvalue weighted by Gasteiger charge is -2.17. The molecule has 16 heavy (non-hydrogen) atoms. The first kappa shape index (κ1) is 12.1. The van der Waals surface area contributed by atoms with Gasteiger partial charge in [0.05, 0.1) is 5.69 Å². The van der Waals surface area contributed by atoms with Crippen molar-refractivity contribution in [2.75, 3.05) is 4.31 Å². The highest BCUT2D eigenvalue weighted by molar-refractivity contribution is 7.91. The number of anilines is 1. The standard InChI is InChI=1S/C8H8N2O5S/c9-16(14,15)10(7(11)8(12)13)6-4-2-1-3-5-6/h1-5H,(H,12,13)(H2,9,14,15).